The first kappa shape index (κ1) is 26.0. The number of carbonyl (C=O) groups excluding carboxylic acids is 2. The minimum absolute atomic E-state index is 0.0324. The van der Waals surface area contributed by atoms with Crippen LogP contribution in [0.5, 0.6) is 0 Å². The zero-order chi connectivity index (χ0) is 25.6. The number of nitrogens with one attached hydrogen (secondary N) is 3. The molecule has 0 radical (unpaired) electrons. The molecule has 3 fully saturated rings. The fourth-order valence-electron chi connectivity index (χ4n) is 6.10. The fraction of sp³-hybridized carbons (Fsp3) is 0.655. The van der Waals surface area contributed by atoms with E-state index in [4.69, 9.17) is 4.74 Å². The van der Waals surface area contributed by atoms with Crippen LogP contribution in [0, 0.1) is 5.92 Å². The lowest BCUT2D eigenvalue weighted by atomic mass is 9.93. The molecule has 2 atom stereocenters. The van der Waals surface area contributed by atoms with Gasteiger partial charge in [0.2, 0.25) is 5.91 Å². The van der Waals surface area contributed by atoms with Crippen LogP contribution in [0.3, 0.4) is 0 Å². The van der Waals surface area contributed by atoms with E-state index in [-0.39, 0.29) is 29.9 Å². The lowest BCUT2D eigenvalue weighted by molar-refractivity contribution is -0.137. The molecular formula is C29H43N5O3. The van der Waals surface area contributed by atoms with Crippen molar-refractivity contribution in [1.29, 1.82) is 0 Å². The molecule has 8 nitrogen and oxygen atoms in total. The topological polar surface area (TPSA) is 87.6 Å². The van der Waals surface area contributed by atoms with Crippen molar-refractivity contribution in [2.45, 2.75) is 89.0 Å². The predicted molar refractivity (Wildman–Crippen MR) is 145 cm³/mol. The van der Waals surface area contributed by atoms with Crippen LogP contribution in [-0.4, -0.2) is 66.3 Å². The number of carbonyl (C=O) groups is 2. The van der Waals surface area contributed by atoms with Crippen molar-refractivity contribution in [2.24, 2.45) is 5.92 Å². The van der Waals surface area contributed by atoms with Crippen LogP contribution >= 0.6 is 0 Å². The van der Waals surface area contributed by atoms with Gasteiger partial charge in [0.1, 0.15) is 0 Å². The van der Waals surface area contributed by atoms with Gasteiger partial charge in [0.15, 0.2) is 0 Å². The molecule has 2 saturated carbocycles. The zero-order valence-electron chi connectivity index (χ0n) is 22.2. The first-order valence-electron chi connectivity index (χ1n) is 14.3. The van der Waals surface area contributed by atoms with Gasteiger partial charge in [-0.1, -0.05) is 37.5 Å². The van der Waals surface area contributed by atoms with Crippen molar-refractivity contribution < 1.29 is 14.3 Å². The van der Waals surface area contributed by atoms with Crippen LogP contribution in [0.2, 0.25) is 0 Å². The van der Waals surface area contributed by atoms with E-state index in [2.05, 4.69) is 55.9 Å². The number of aromatic nitrogens is 1. The van der Waals surface area contributed by atoms with Gasteiger partial charge in [0.05, 0.1) is 5.92 Å². The van der Waals surface area contributed by atoms with Gasteiger partial charge in [-0.25, -0.2) is 4.79 Å². The van der Waals surface area contributed by atoms with Gasteiger partial charge in [0, 0.05) is 75.1 Å². The molecule has 1 aliphatic heterocycles. The number of hydrogen-bond donors (Lipinski definition) is 3. The number of methoxy groups -OCH3 is 1. The lowest BCUT2D eigenvalue weighted by Gasteiger charge is -2.34. The normalized spacial score (nSPS) is 22.6. The maximum Gasteiger partial charge on any atom is 0.315 e. The predicted octanol–water partition coefficient (Wildman–Crippen LogP) is 3.78. The molecular weight excluding hydrogens is 466 g/mol. The summed E-state index contributed by atoms with van der Waals surface area (Å²) in [5.74, 6) is 0.0924. The quantitative estimate of drug-likeness (QED) is 0.426. The van der Waals surface area contributed by atoms with Gasteiger partial charge in [0.25, 0.3) is 0 Å². The number of nitrogens with zero attached hydrogens (tertiary/aromatic N) is 2. The van der Waals surface area contributed by atoms with Gasteiger partial charge < -0.3 is 30.2 Å². The van der Waals surface area contributed by atoms with E-state index in [0.717, 1.165) is 45.3 Å². The van der Waals surface area contributed by atoms with Crippen LogP contribution in [-0.2, 0) is 22.6 Å². The molecule has 5 rings (SSSR count). The number of benzene rings is 1. The summed E-state index contributed by atoms with van der Waals surface area (Å²) in [6.45, 7) is 3.65. The summed E-state index contributed by atoms with van der Waals surface area (Å²) >= 11 is 0. The summed E-state index contributed by atoms with van der Waals surface area (Å²) < 4.78 is 7.55. The first-order valence-corrected chi connectivity index (χ1v) is 14.3. The van der Waals surface area contributed by atoms with Crippen LogP contribution in [0.15, 0.2) is 30.5 Å². The molecule has 2 aromatic rings. The first-order chi connectivity index (χ1) is 18.1. The van der Waals surface area contributed by atoms with Crippen molar-refractivity contribution in [3.05, 3.63) is 36.0 Å². The molecule has 0 bridgehead atoms. The average molecular weight is 510 g/mol. The number of aryl methyl sites for hydroxylation is 1. The molecule has 0 spiro atoms. The molecule has 37 heavy (non-hydrogen) atoms. The fourth-order valence-corrected chi connectivity index (χ4v) is 6.10. The van der Waals surface area contributed by atoms with Crippen molar-refractivity contribution >= 4 is 22.8 Å². The Balaban J connectivity index is 1.23. The van der Waals surface area contributed by atoms with E-state index in [1.165, 1.54) is 35.7 Å². The number of urea groups is 1. The van der Waals surface area contributed by atoms with E-state index >= 15 is 0 Å². The Morgan fingerprint density at radius 2 is 1.84 bits per heavy atom. The second kappa shape index (κ2) is 12.3. The van der Waals surface area contributed by atoms with Crippen LogP contribution in [0.25, 0.3) is 10.9 Å². The monoisotopic (exact) mass is 509 g/mol. The maximum atomic E-state index is 13.8. The van der Waals surface area contributed by atoms with Gasteiger partial charge in [-0.3, -0.25) is 4.79 Å². The maximum absolute atomic E-state index is 13.8. The Morgan fingerprint density at radius 1 is 1.05 bits per heavy atom. The van der Waals surface area contributed by atoms with E-state index in [0.29, 0.717) is 32.1 Å². The summed E-state index contributed by atoms with van der Waals surface area (Å²) in [6.07, 6.45) is 11.8. The Bertz CT molecular complexity index is 1060. The minimum atomic E-state index is -0.121. The third-order valence-corrected chi connectivity index (χ3v) is 8.21. The largest absolute Gasteiger partial charge is 0.385 e. The molecule has 2 heterocycles. The Labute approximate surface area is 220 Å². The van der Waals surface area contributed by atoms with Crippen molar-refractivity contribution in [3.63, 3.8) is 0 Å². The molecule has 8 heteroatoms. The zero-order valence-corrected chi connectivity index (χ0v) is 22.2. The van der Waals surface area contributed by atoms with Crippen molar-refractivity contribution in [2.75, 3.05) is 26.8 Å². The molecule has 202 valence electrons. The molecule has 3 aliphatic rings. The van der Waals surface area contributed by atoms with E-state index in [1.807, 2.05) is 0 Å². The molecule has 2 aliphatic carbocycles. The van der Waals surface area contributed by atoms with Crippen molar-refractivity contribution in [3.8, 4) is 0 Å². The molecule has 3 N–H and O–H groups in total. The number of rotatable bonds is 10. The number of piperidine rings is 1. The second-order valence-electron chi connectivity index (χ2n) is 11.1. The summed E-state index contributed by atoms with van der Waals surface area (Å²) in [6, 6.07) is 8.97. The molecule has 1 aromatic carbocycles. The van der Waals surface area contributed by atoms with Crippen LogP contribution in [0.4, 0.5) is 4.79 Å². The number of para-hydroxylation sites is 1. The Kier molecular flexibility index (Phi) is 8.66. The van der Waals surface area contributed by atoms with Crippen LogP contribution < -0.4 is 16.0 Å². The molecule has 1 aromatic heterocycles. The highest BCUT2D eigenvalue weighted by Gasteiger charge is 2.38. The van der Waals surface area contributed by atoms with Crippen molar-refractivity contribution in [1.82, 2.24) is 25.4 Å². The number of ether oxygens (including phenoxy) is 1. The van der Waals surface area contributed by atoms with Gasteiger partial charge in [-0.15, -0.1) is 0 Å². The lowest BCUT2D eigenvalue weighted by Crippen LogP contribution is -2.55. The van der Waals surface area contributed by atoms with E-state index in [1.54, 1.807) is 7.11 Å². The number of fused-ring (bicyclic) bond motifs is 1. The summed E-state index contributed by atoms with van der Waals surface area (Å²) in [4.78, 5) is 28.5. The number of amides is 3. The molecule has 3 amide bonds. The highest BCUT2D eigenvalue weighted by Crippen LogP contribution is 2.33. The summed E-state index contributed by atoms with van der Waals surface area (Å²) in [7, 11) is 1.74. The standard InChI is InChI=1S/C29H43N5O3/c1-37-15-7-14-33-19-22(26-10-5-6-11-27(26)33)20-34(25-12-13-25)28(35)21-16-24(18-30-17-21)32-29(36)31-23-8-3-2-4-9-23/h5-6,10-11,19,21,23-25,30H,2-4,7-9,12-18,20H2,1H3,(H2,31,32,36). The summed E-state index contributed by atoms with van der Waals surface area (Å²) in [5.41, 5.74) is 2.42. The van der Waals surface area contributed by atoms with Gasteiger partial charge >= 0.3 is 6.03 Å². The summed E-state index contributed by atoms with van der Waals surface area (Å²) in [5, 5.41) is 10.9. The molecule has 2 unspecified atom stereocenters. The Morgan fingerprint density at radius 3 is 2.62 bits per heavy atom. The van der Waals surface area contributed by atoms with E-state index in [9.17, 15) is 9.59 Å². The second-order valence-corrected chi connectivity index (χ2v) is 11.1. The average Bonchev–Trinajstić information content (AvgIpc) is 3.70. The van der Waals surface area contributed by atoms with Gasteiger partial charge in [-0.2, -0.15) is 0 Å². The highest BCUT2D eigenvalue weighted by atomic mass is 16.5. The third-order valence-electron chi connectivity index (χ3n) is 8.21. The number of hydrogen-bond acceptors (Lipinski definition) is 4. The van der Waals surface area contributed by atoms with E-state index < -0.39 is 0 Å². The third kappa shape index (κ3) is 6.65. The molecule has 1 saturated heterocycles. The van der Waals surface area contributed by atoms with Gasteiger partial charge in [-0.05, 0) is 50.2 Å². The SMILES string of the molecule is COCCCn1cc(CN(C(=O)C2CNCC(NC(=O)NC3CCCCC3)C2)C2CC2)c2ccccc21. The van der Waals surface area contributed by atoms with Crippen LogP contribution in [0.1, 0.15) is 63.4 Å². The Hall–Kier alpha value is -2.58. The highest BCUT2D eigenvalue weighted by molar-refractivity contribution is 5.85. The smallest absolute Gasteiger partial charge is 0.315 e. The minimum Gasteiger partial charge on any atom is -0.385 e.